The number of likely N-dealkylation sites (tertiary alicyclic amines) is 1. The fourth-order valence-corrected chi connectivity index (χ4v) is 2.50. The van der Waals surface area contributed by atoms with Crippen molar-refractivity contribution in [2.24, 2.45) is 0 Å². The third kappa shape index (κ3) is 3.58. The summed E-state index contributed by atoms with van der Waals surface area (Å²) in [7, 11) is 0. The molecule has 2 rings (SSSR count). The van der Waals surface area contributed by atoms with Gasteiger partial charge in [0.25, 0.3) is 0 Å². The topological polar surface area (TPSA) is 40.5 Å². The Morgan fingerprint density at radius 1 is 1.32 bits per heavy atom. The zero-order valence-electron chi connectivity index (χ0n) is 10.6. The molecule has 0 bridgehead atoms. The third-order valence-electron chi connectivity index (χ3n) is 3.52. The van der Waals surface area contributed by atoms with Crippen LogP contribution in [0.1, 0.15) is 29.6 Å². The number of halogens is 2. The Balaban J connectivity index is 1.94. The molecule has 1 fully saturated rings. The van der Waals surface area contributed by atoms with Gasteiger partial charge in [0.2, 0.25) is 0 Å². The van der Waals surface area contributed by atoms with Crippen molar-refractivity contribution in [1.29, 1.82) is 0 Å². The van der Waals surface area contributed by atoms with Crippen molar-refractivity contribution in [3.8, 4) is 0 Å². The first-order valence-corrected chi connectivity index (χ1v) is 6.44. The number of aliphatic hydroxyl groups excluding tert-OH is 1. The number of Topliss-reactive ketones (excluding diaryl/α,β-unsaturated/α-hetero) is 1. The molecule has 0 aromatic heterocycles. The van der Waals surface area contributed by atoms with Crippen LogP contribution in [0.4, 0.5) is 8.78 Å². The zero-order chi connectivity index (χ0) is 13.8. The first kappa shape index (κ1) is 14.1. The third-order valence-corrected chi connectivity index (χ3v) is 3.52. The standard InChI is InChI=1S/C14H17F2NO2/c15-11-6-10(7-12(16)8-11)14(19)3-5-17-4-1-2-13(17)9-18/h6-8,13,18H,1-5,9H2. The predicted molar refractivity (Wildman–Crippen MR) is 67.0 cm³/mol. The summed E-state index contributed by atoms with van der Waals surface area (Å²) in [6, 6.07) is 2.97. The van der Waals surface area contributed by atoms with E-state index in [-0.39, 0.29) is 30.4 Å². The van der Waals surface area contributed by atoms with E-state index < -0.39 is 11.6 Å². The molecule has 1 unspecified atom stereocenters. The lowest BCUT2D eigenvalue weighted by Crippen LogP contribution is -2.33. The average molecular weight is 269 g/mol. The van der Waals surface area contributed by atoms with Crippen LogP contribution in [0.25, 0.3) is 0 Å². The maximum atomic E-state index is 13.0. The minimum atomic E-state index is -0.738. The quantitative estimate of drug-likeness (QED) is 0.831. The van der Waals surface area contributed by atoms with E-state index in [1.54, 1.807) is 0 Å². The molecular formula is C14H17F2NO2. The zero-order valence-corrected chi connectivity index (χ0v) is 10.6. The summed E-state index contributed by atoms with van der Waals surface area (Å²) in [6.07, 6.45) is 2.15. The van der Waals surface area contributed by atoms with Crippen molar-refractivity contribution >= 4 is 5.78 Å². The van der Waals surface area contributed by atoms with Gasteiger partial charge in [-0.25, -0.2) is 8.78 Å². The molecule has 1 aliphatic rings. The summed E-state index contributed by atoms with van der Waals surface area (Å²) in [4.78, 5) is 13.9. The largest absolute Gasteiger partial charge is 0.395 e. The molecule has 0 aliphatic carbocycles. The molecule has 0 spiro atoms. The van der Waals surface area contributed by atoms with Crippen LogP contribution in [0.2, 0.25) is 0 Å². The van der Waals surface area contributed by atoms with E-state index in [9.17, 15) is 13.6 Å². The highest BCUT2D eigenvalue weighted by molar-refractivity contribution is 5.96. The van der Waals surface area contributed by atoms with Crippen LogP contribution < -0.4 is 0 Å². The van der Waals surface area contributed by atoms with E-state index in [1.165, 1.54) is 0 Å². The van der Waals surface area contributed by atoms with Crippen LogP contribution in [0.3, 0.4) is 0 Å². The fourth-order valence-electron chi connectivity index (χ4n) is 2.50. The fraction of sp³-hybridized carbons (Fsp3) is 0.500. The number of carbonyl (C=O) groups is 1. The summed E-state index contributed by atoms with van der Waals surface area (Å²) in [5.41, 5.74) is 0.0669. The molecule has 1 aliphatic heterocycles. The smallest absolute Gasteiger partial charge is 0.164 e. The number of nitrogens with zero attached hydrogens (tertiary/aromatic N) is 1. The van der Waals surface area contributed by atoms with Crippen LogP contribution in [0.5, 0.6) is 0 Å². The Kier molecular flexibility index (Phi) is 4.61. The molecule has 5 heteroatoms. The molecule has 1 heterocycles. The van der Waals surface area contributed by atoms with Gasteiger partial charge in [0.1, 0.15) is 11.6 Å². The lowest BCUT2D eigenvalue weighted by Gasteiger charge is -2.21. The van der Waals surface area contributed by atoms with E-state index >= 15 is 0 Å². The van der Waals surface area contributed by atoms with Crippen LogP contribution in [-0.4, -0.2) is 41.5 Å². The van der Waals surface area contributed by atoms with Gasteiger partial charge in [-0.1, -0.05) is 0 Å². The molecular weight excluding hydrogens is 252 g/mol. The van der Waals surface area contributed by atoms with Gasteiger partial charge in [-0.15, -0.1) is 0 Å². The average Bonchev–Trinajstić information content (AvgIpc) is 2.82. The maximum absolute atomic E-state index is 13.0. The second kappa shape index (κ2) is 6.21. The Labute approximate surface area is 110 Å². The van der Waals surface area contributed by atoms with E-state index in [0.717, 1.165) is 37.6 Å². The van der Waals surface area contributed by atoms with Gasteiger partial charge in [0.15, 0.2) is 5.78 Å². The predicted octanol–water partition coefficient (Wildman–Crippen LogP) is 1.99. The van der Waals surface area contributed by atoms with E-state index in [1.807, 2.05) is 4.90 Å². The molecule has 19 heavy (non-hydrogen) atoms. The summed E-state index contributed by atoms with van der Waals surface area (Å²) >= 11 is 0. The minimum absolute atomic E-state index is 0.0669. The van der Waals surface area contributed by atoms with Crippen LogP contribution >= 0.6 is 0 Å². The molecule has 0 saturated carbocycles. The Morgan fingerprint density at radius 2 is 2.00 bits per heavy atom. The summed E-state index contributed by atoms with van der Waals surface area (Å²) in [5.74, 6) is -1.75. The summed E-state index contributed by atoms with van der Waals surface area (Å²) < 4.78 is 26.0. The second-order valence-corrected chi connectivity index (χ2v) is 4.85. The number of ketones is 1. The molecule has 1 aromatic carbocycles. The lowest BCUT2D eigenvalue weighted by atomic mass is 10.1. The van der Waals surface area contributed by atoms with Gasteiger partial charge in [-0.05, 0) is 31.5 Å². The monoisotopic (exact) mass is 269 g/mol. The number of carbonyl (C=O) groups excluding carboxylic acids is 1. The van der Waals surface area contributed by atoms with Crippen molar-refractivity contribution in [2.45, 2.75) is 25.3 Å². The van der Waals surface area contributed by atoms with Crippen molar-refractivity contribution in [3.63, 3.8) is 0 Å². The first-order chi connectivity index (χ1) is 9.10. The van der Waals surface area contributed by atoms with E-state index in [4.69, 9.17) is 5.11 Å². The van der Waals surface area contributed by atoms with Crippen molar-refractivity contribution in [1.82, 2.24) is 4.90 Å². The number of aliphatic hydroxyl groups is 1. The molecule has 3 nitrogen and oxygen atoms in total. The Hall–Kier alpha value is -1.33. The molecule has 1 atom stereocenters. The molecule has 0 radical (unpaired) electrons. The Morgan fingerprint density at radius 3 is 2.63 bits per heavy atom. The SMILES string of the molecule is O=C(CCN1CCCC1CO)c1cc(F)cc(F)c1. The van der Waals surface area contributed by atoms with Crippen LogP contribution in [-0.2, 0) is 0 Å². The normalized spacial score (nSPS) is 19.8. The van der Waals surface area contributed by atoms with Gasteiger partial charge in [0.05, 0.1) is 6.61 Å². The molecule has 1 N–H and O–H groups in total. The Bertz CT molecular complexity index is 445. The highest BCUT2D eigenvalue weighted by Gasteiger charge is 2.24. The number of rotatable bonds is 5. The van der Waals surface area contributed by atoms with E-state index in [2.05, 4.69) is 0 Å². The van der Waals surface area contributed by atoms with Gasteiger partial charge in [0, 0.05) is 30.6 Å². The molecule has 1 saturated heterocycles. The highest BCUT2D eigenvalue weighted by Crippen LogP contribution is 2.17. The lowest BCUT2D eigenvalue weighted by molar-refractivity contribution is 0.0945. The van der Waals surface area contributed by atoms with Gasteiger partial charge in [-0.2, -0.15) is 0 Å². The molecule has 104 valence electrons. The number of benzene rings is 1. The minimum Gasteiger partial charge on any atom is -0.395 e. The molecule has 0 amide bonds. The van der Waals surface area contributed by atoms with Crippen molar-refractivity contribution in [3.05, 3.63) is 35.4 Å². The first-order valence-electron chi connectivity index (χ1n) is 6.44. The van der Waals surface area contributed by atoms with Crippen LogP contribution in [0, 0.1) is 11.6 Å². The van der Waals surface area contributed by atoms with Crippen LogP contribution in [0.15, 0.2) is 18.2 Å². The van der Waals surface area contributed by atoms with Crippen molar-refractivity contribution in [2.75, 3.05) is 19.7 Å². The van der Waals surface area contributed by atoms with Crippen molar-refractivity contribution < 1.29 is 18.7 Å². The number of hydrogen-bond acceptors (Lipinski definition) is 3. The van der Waals surface area contributed by atoms with E-state index in [0.29, 0.717) is 6.54 Å². The van der Waals surface area contributed by atoms with Gasteiger partial charge < -0.3 is 5.11 Å². The molecule has 1 aromatic rings. The summed E-state index contributed by atoms with van der Waals surface area (Å²) in [5, 5.41) is 9.17. The second-order valence-electron chi connectivity index (χ2n) is 4.85. The van der Waals surface area contributed by atoms with Gasteiger partial charge >= 0.3 is 0 Å². The highest BCUT2D eigenvalue weighted by atomic mass is 19.1. The maximum Gasteiger partial charge on any atom is 0.164 e. The number of hydrogen-bond donors (Lipinski definition) is 1. The van der Waals surface area contributed by atoms with Gasteiger partial charge in [-0.3, -0.25) is 9.69 Å². The summed E-state index contributed by atoms with van der Waals surface area (Å²) in [6.45, 7) is 1.46.